The van der Waals surface area contributed by atoms with E-state index in [4.69, 9.17) is 16.0 Å². The molecule has 7 heteroatoms. The van der Waals surface area contributed by atoms with Crippen LogP contribution in [-0.4, -0.2) is 0 Å². The maximum Gasteiger partial charge on any atom is 0.183 e. The Morgan fingerprint density at radius 2 is 1.94 bits per heavy atom. The lowest BCUT2D eigenvalue weighted by atomic mass is 10.3. The fourth-order valence-electron chi connectivity index (χ4n) is 1.37. The number of benzene rings is 1. The Labute approximate surface area is 124 Å². The molecule has 0 amide bonds. The molecular weight excluding hydrogens is 395 g/mol. The quantitative estimate of drug-likeness (QED) is 0.750. The summed E-state index contributed by atoms with van der Waals surface area (Å²) in [5.74, 6) is -0.884. The molecule has 0 spiro atoms. The summed E-state index contributed by atoms with van der Waals surface area (Å²) >= 11 is 12.2. The average Bonchev–Trinajstić information content (AvgIpc) is 2.56. The van der Waals surface area contributed by atoms with Crippen molar-refractivity contribution in [1.82, 2.24) is 0 Å². The minimum absolute atomic E-state index is 0.0165. The van der Waals surface area contributed by atoms with Crippen molar-refractivity contribution >= 4 is 49.1 Å². The highest BCUT2D eigenvalue weighted by molar-refractivity contribution is 9.13. The van der Waals surface area contributed by atoms with Gasteiger partial charge in [0.2, 0.25) is 0 Å². The van der Waals surface area contributed by atoms with Gasteiger partial charge in [-0.3, -0.25) is 0 Å². The molecule has 0 aliphatic heterocycles. The summed E-state index contributed by atoms with van der Waals surface area (Å²) in [6.07, 6.45) is 0. The van der Waals surface area contributed by atoms with Gasteiger partial charge in [-0.15, -0.1) is 0 Å². The van der Waals surface area contributed by atoms with E-state index in [0.717, 1.165) is 16.6 Å². The second kappa shape index (κ2) is 5.59. The highest BCUT2D eigenvalue weighted by atomic mass is 79.9. The van der Waals surface area contributed by atoms with E-state index in [1.165, 1.54) is 0 Å². The molecule has 2 rings (SSSR count). The lowest BCUT2D eigenvalue weighted by Crippen LogP contribution is -2.01. The van der Waals surface area contributed by atoms with Gasteiger partial charge < -0.3 is 9.73 Å². The molecule has 2 aromatic rings. The van der Waals surface area contributed by atoms with E-state index >= 15 is 0 Å². The average molecular weight is 401 g/mol. The zero-order chi connectivity index (χ0) is 13.3. The van der Waals surface area contributed by atoms with Crippen LogP contribution >= 0.6 is 43.5 Å². The Bertz CT molecular complexity index is 546. The summed E-state index contributed by atoms with van der Waals surface area (Å²) in [5, 5.41) is 2.74. The zero-order valence-electron chi connectivity index (χ0n) is 8.74. The molecule has 96 valence electrons. The number of halogens is 5. The summed E-state index contributed by atoms with van der Waals surface area (Å²) in [4.78, 5) is 0. The Hall–Kier alpha value is -0.590. The summed E-state index contributed by atoms with van der Waals surface area (Å²) in [6, 6.07) is 3.54. The van der Waals surface area contributed by atoms with Gasteiger partial charge in [0, 0.05) is 6.07 Å². The maximum atomic E-state index is 13.5. The second-order valence-electron chi connectivity index (χ2n) is 3.43. The highest BCUT2D eigenvalue weighted by Gasteiger charge is 2.11. The molecule has 1 aromatic heterocycles. The summed E-state index contributed by atoms with van der Waals surface area (Å²) < 4.78 is 32.9. The lowest BCUT2D eigenvalue weighted by molar-refractivity contribution is 0.493. The van der Waals surface area contributed by atoms with Crippen molar-refractivity contribution in [2.24, 2.45) is 0 Å². The summed E-state index contributed by atoms with van der Waals surface area (Å²) in [7, 11) is 0. The Morgan fingerprint density at radius 1 is 1.22 bits per heavy atom. The maximum absolute atomic E-state index is 13.5. The van der Waals surface area contributed by atoms with Crippen LogP contribution in [0.3, 0.4) is 0 Å². The van der Waals surface area contributed by atoms with Crippen LogP contribution in [0.4, 0.5) is 14.5 Å². The van der Waals surface area contributed by atoms with Gasteiger partial charge in [0.25, 0.3) is 0 Å². The molecule has 1 aromatic carbocycles. The van der Waals surface area contributed by atoms with E-state index in [1.54, 1.807) is 6.07 Å². The number of rotatable bonds is 3. The second-order valence-corrected chi connectivity index (χ2v) is 5.41. The molecule has 0 saturated heterocycles. The molecular formula is C11H6Br2ClF2NO. The number of nitrogens with one attached hydrogen (secondary N) is 1. The molecule has 1 heterocycles. The monoisotopic (exact) mass is 399 g/mol. The number of hydrogen-bond donors (Lipinski definition) is 1. The Balaban J connectivity index is 2.15. The van der Waals surface area contributed by atoms with Gasteiger partial charge in [0.1, 0.15) is 11.6 Å². The van der Waals surface area contributed by atoms with E-state index < -0.39 is 11.6 Å². The standard InChI is InChI=1S/C11H6Br2ClF2NO/c12-7-3-6(18-11(7)13)4-17-10-8(14)1-5(15)2-9(10)16/h1-3,17H,4H2. The minimum Gasteiger partial charge on any atom is -0.451 e. The normalized spacial score (nSPS) is 10.7. The zero-order valence-corrected chi connectivity index (χ0v) is 12.7. The molecule has 0 atom stereocenters. The van der Waals surface area contributed by atoms with E-state index in [1.807, 2.05) is 0 Å². The smallest absolute Gasteiger partial charge is 0.183 e. The molecule has 18 heavy (non-hydrogen) atoms. The molecule has 0 saturated carbocycles. The third-order valence-corrected chi connectivity index (χ3v) is 4.15. The van der Waals surface area contributed by atoms with Gasteiger partial charge in [0.15, 0.2) is 10.5 Å². The van der Waals surface area contributed by atoms with Crippen molar-refractivity contribution in [2.45, 2.75) is 6.54 Å². The molecule has 0 bridgehead atoms. The first kappa shape index (κ1) is 13.8. The molecule has 0 radical (unpaired) electrons. The summed E-state index contributed by atoms with van der Waals surface area (Å²) in [6.45, 7) is 0.229. The number of anilines is 1. The Kier molecular flexibility index (Phi) is 4.29. The van der Waals surface area contributed by atoms with Gasteiger partial charge in [-0.1, -0.05) is 11.6 Å². The van der Waals surface area contributed by atoms with Crippen LogP contribution in [0, 0.1) is 11.6 Å². The van der Waals surface area contributed by atoms with Crippen LogP contribution in [-0.2, 0) is 6.54 Å². The SMILES string of the molecule is Fc1cc(F)c(NCc2cc(Br)c(Br)o2)c(Cl)c1. The first-order valence-corrected chi connectivity index (χ1v) is 6.76. The minimum atomic E-state index is -0.746. The van der Waals surface area contributed by atoms with Crippen LogP contribution in [0.25, 0.3) is 0 Å². The lowest BCUT2D eigenvalue weighted by Gasteiger charge is -2.08. The summed E-state index contributed by atoms with van der Waals surface area (Å²) in [5.41, 5.74) is 0.0433. The van der Waals surface area contributed by atoms with Crippen molar-refractivity contribution in [2.75, 3.05) is 5.32 Å². The van der Waals surface area contributed by atoms with E-state index in [9.17, 15) is 8.78 Å². The predicted molar refractivity (Wildman–Crippen MR) is 72.8 cm³/mol. The van der Waals surface area contributed by atoms with Crippen molar-refractivity contribution in [1.29, 1.82) is 0 Å². The van der Waals surface area contributed by atoms with Gasteiger partial charge in [-0.25, -0.2) is 8.78 Å². The molecule has 0 fully saturated rings. The van der Waals surface area contributed by atoms with Crippen molar-refractivity contribution in [3.8, 4) is 0 Å². The van der Waals surface area contributed by atoms with Crippen LogP contribution in [0.2, 0.25) is 5.02 Å². The van der Waals surface area contributed by atoms with Gasteiger partial charge in [0.05, 0.1) is 21.7 Å². The van der Waals surface area contributed by atoms with E-state index in [-0.39, 0.29) is 17.3 Å². The fraction of sp³-hybridized carbons (Fsp3) is 0.0909. The van der Waals surface area contributed by atoms with E-state index in [2.05, 4.69) is 37.2 Å². The van der Waals surface area contributed by atoms with Crippen LogP contribution in [0.15, 0.2) is 31.8 Å². The number of furan rings is 1. The van der Waals surface area contributed by atoms with Crippen LogP contribution in [0.5, 0.6) is 0 Å². The molecule has 0 unspecified atom stereocenters. The fourth-order valence-corrected chi connectivity index (χ4v) is 2.29. The number of hydrogen-bond acceptors (Lipinski definition) is 2. The van der Waals surface area contributed by atoms with Crippen LogP contribution < -0.4 is 5.32 Å². The van der Waals surface area contributed by atoms with Gasteiger partial charge >= 0.3 is 0 Å². The van der Waals surface area contributed by atoms with Crippen molar-refractivity contribution in [3.05, 3.63) is 49.8 Å². The predicted octanol–water partition coefficient (Wildman–Crippen LogP) is 5.35. The topological polar surface area (TPSA) is 25.2 Å². The van der Waals surface area contributed by atoms with E-state index in [0.29, 0.717) is 10.4 Å². The molecule has 2 nitrogen and oxygen atoms in total. The first-order chi connectivity index (χ1) is 8.47. The van der Waals surface area contributed by atoms with Crippen LogP contribution in [0.1, 0.15) is 5.76 Å². The Morgan fingerprint density at radius 3 is 2.50 bits per heavy atom. The molecule has 0 aliphatic carbocycles. The van der Waals surface area contributed by atoms with Gasteiger partial charge in [-0.2, -0.15) is 0 Å². The van der Waals surface area contributed by atoms with Gasteiger partial charge in [-0.05, 0) is 44.0 Å². The molecule has 0 aliphatic rings. The highest BCUT2D eigenvalue weighted by Crippen LogP contribution is 2.29. The first-order valence-electron chi connectivity index (χ1n) is 4.79. The molecule has 1 N–H and O–H groups in total. The third-order valence-electron chi connectivity index (χ3n) is 2.14. The third kappa shape index (κ3) is 3.05. The largest absolute Gasteiger partial charge is 0.451 e. The van der Waals surface area contributed by atoms with Crippen molar-refractivity contribution < 1.29 is 13.2 Å². The van der Waals surface area contributed by atoms with Crippen molar-refractivity contribution in [3.63, 3.8) is 0 Å².